The Morgan fingerprint density at radius 3 is 2.81 bits per heavy atom. The van der Waals surface area contributed by atoms with Crippen molar-refractivity contribution in [2.75, 3.05) is 26.8 Å². The van der Waals surface area contributed by atoms with Crippen molar-refractivity contribution in [2.24, 2.45) is 5.92 Å². The van der Waals surface area contributed by atoms with Crippen LogP contribution >= 0.6 is 0 Å². The summed E-state index contributed by atoms with van der Waals surface area (Å²) < 4.78 is 5.25. The highest BCUT2D eigenvalue weighted by Gasteiger charge is 2.22. The van der Waals surface area contributed by atoms with E-state index in [2.05, 4.69) is 48.1 Å². The summed E-state index contributed by atoms with van der Waals surface area (Å²) in [6, 6.07) is 4.34. The molecule has 0 amide bonds. The molecule has 1 aliphatic heterocycles. The highest BCUT2D eigenvalue weighted by atomic mass is 16.5. The fourth-order valence-corrected chi connectivity index (χ4v) is 2.68. The Morgan fingerprint density at radius 2 is 2.19 bits per heavy atom. The van der Waals surface area contributed by atoms with Gasteiger partial charge in [0.2, 0.25) is 0 Å². The molecule has 2 heterocycles. The lowest BCUT2D eigenvalue weighted by Gasteiger charge is -2.20. The molecule has 0 bridgehead atoms. The van der Waals surface area contributed by atoms with Crippen LogP contribution in [0.2, 0.25) is 0 Å². The highest BCUT2D eigenvalue weighted by molar-refractivity contribution is 5.14. The zero-order chi connectivity index (χ0) is 15.3. The lowest BCUT2D eigenvalue weighted by molar-refractivity contribution is 0.152. The fraction of sp³-hybridized carbons (Fsp3) is 0.706. The second-order valence-electron chi connectivity index (χ2n) is 7.11. The van der Waals surface area contributed by atoms with Gasteiger partial charge < -0.3 is 10.1 Å². The molecule has 1 aliphatic rings. The van der Waals surface area contributed by atoms with Crippen molar-refractivity contribution in [1.29, 1.82) is 0 Å². The molecule has 118 valence electrons. The van der Waals surface area contributed by atoms with Crippen LogP contribution in [0.15, 0.2) is 18.3 Å². The molecular formula is C17H29N3O. The summed E-state index contributed by atoms with van der Waals surface area (Å²) in [6.45, 7) is 11.5. The van der Waals surface area contributed by atoms with Crippen molar-refractivity contribution in [3.63, 3.8) is 0 Å². The molecule has 4 heteroatoms. The molecule has 0 saturated carbocycles. The third-order valence-corrected chi connectivity index (χ3v) is 3.87. The lowest BCUT2D eigenvalue weighted by atomic mass is 10.1. The number of aromatic nitrogens is 1. The van der Waals surface area contributed by atoms with E-state index in [9.17, 15) is 0 Å². The summed E-state index contributed by atoms with van der Waals surface area (Å²) in [5, 5.41) is 3.49. The van der Waals surface area contributed by atoms with Gasteiger partial charge in [-0.05, 0) is 51.3 Å². The molecule has 1 unspecified atom stereocenters. The van der Waals surface area contributed by atoms with Gasteiger partial charge in [-0.25, -0.2) is 0 Å². The Labute approximate surface area is 128 Å². The molecular weight excluding hydrogens is 262 g/mol. The molecule has 1 atom stereocenters. The highest BCUT2D eigenvalue weighted by Crippen LogP contribution is 2.18. The molecule has 1 fully saturated rings. The quantitative estimate of drug-likeness (QED) is 0.873. The Bertz CT molecular complexity index is 425. The SMILES string of the molecule is COCC1CCN(Cc2ccc(CNC(C)(C)C)cn2)C1. The number of methoxy groups -OCH3 is 1. The smallest absolute Gasteiger partial charge is 0.0544 e. The second-order valence-corrected chi connectivity index (χ2v) is 7.11. The van der Waals surface area contributed by atoms with Crippen LogP contribution in [0.5, 0.6) is 0 Å². The van der Waals surface area contributed by atoms with Crippen molar-refractivity contribution < 1.29 is 4.74 Å². The van der Waals surface area contributed by atoms with Gasteiger partial charge in [0.25, 0.3) is 0 Å². The largest absolute Gasteiger partial charge is 0.384 e. The number of nitrogens with zero attached hydrogens (tertiary/aromatic N) is 2. The topological polar surface area (TPSA) is 37.4 Å². The zero-order valence-corrected chi connectivity index (χ0v) is 13.9. The van der Waals surface area contributed by atoms with E-state index >= 15 is 0 Å². The van der Waals surface area contributed by atoms with Crippen molar-refractivity contribution in [3.05, 3.63) is 29.6 Å². The van der Waals surface area contributed by atoms with E-state index in [1.54, 1.807) is 7.11 Å². The number of hydrogen-bond acceptors (Lipinski definition) is 4. The first-order valence-electron chi connectivity index (χ1n) is 7.86. The van der Waals surface area contributed by atoms with E-state index < -0.39 is 0 Å². The summed E-state index contributed by atoms with van der Waals surface area (Å²) in [7, 11) is 1.79. The molecule has 1 aromatic rings. The van der Waals surface area contributed by atoms with Gasteiger partial charge in [-0.3, -0.25) is 9.88 Å². The van der Waals surface area contributed by atoms with E-state index in [1.807, 2.05) is 6.20 Å². The maximum atomic E-state index is 5.25. The van der Waals surface area contributed by atoms with Crippen molar-refractivity contribution >= 4 is 0 Å². The van der Waals surface area contributed by atoms with Crippen LogP contribution in [0.4, 0.5) is 0 Å². The summed E-state index contributed by atoms with van der Waals surface area (Å²) in [5.41, 5.74) is 2.55. The third-order valence-electron chi connectivity index (χ3n) is 3.87. The van der Waals surface area contributed by atoms with Crippen LogP contribution in [0, 0.1) is 5.92 Å². The first-order chi connectivity index (χ1) is 9.96. The number of ether oxygens (including phenoxy) is 1. The van der Waals surface area contributed by atoms with Crippen LogP contribution in [0.3, 0.4) is 0 Å². The van der Waals surface area contributed by atoms with E-state index in [1.165, 1.54) is 12.0 Å². The minimum absolute atomic E-state index is 0.143. The maximum absolute atomic E-state index is 5.25. The third kappa shape index (κ3) is 5.73. The van der Waals surface area contributed by atoms with Crippen molar-refractivity contribution in [2.45, 2.75) is 45.8 Å². The molecule has 1 N–H and O–H groups in total. The fourth-order valence-electron chi connectivity index (χ4n) is 2.68. The van der Waals surface area contributed by atoms with Gasteiger partial charge in [0, 0.05) is 38.5 Å². The van der Waals surface area contributed by atoms with E-state index in [0.29, 0.717) is 5.92 Å². The summed E-state index contributed by atoms with van der Waals surface area (Å²) >= 11 is 0. The standard InChI is InChI=1S/C17H29N3O/c1-17(2,3)19-10-14-5-6-16(18-9-14)12-20-8-7-15(11-20)13-21-4/h5-6,9,15,19H,7-8,10-13H2,1-4H3. The molecule has 1 aromatic heterocycles. The number of likely N-dealkylation sites (tertiary alicyclic amines) is 1. The maximum Gasteiger partial charge on any atom is 0.0544 e. The molecule has 0 radical (unpaired) electrons. The molecule has 0 spiro atoms. The number of nitrogens with one attached hydrogen (secondary N) is 1. The number of pyridine rings is 1. The van der Waals surface area contributed by atoms with Crippen molar-refractivity contribution in [1.82, 2.24) is 15.2 Å². The van der Waals surface area contributed by atoms with Gasteiger partial charge in [-0.1, -0.05) is 6.07 Å². The second kappa shape index (κ2) is 7.34. The molecule has 21 heavy (non-hydrogen) atoms. The molecule has 2 rings (SSSR count). The van der Waals surface area contributed by atoms with E-state index in [-0.39, 0.29) is 5.54 Å². The summed E-state index contributed by atoms with van der Waals surface area (Å²) in [5.74, 6) is 0.685. The Balaban J connectivity index is 1.80. The van der Waals surface area contributed by atoms with Crippen LogP contribution in [-0.2, 0) is 17.8 Å². The molecule has 4 nitrogen and oxygen atoms in total. The van der Waals surface area contributed by atoms with Crippen LogP contribution in [0.25, 0.3) is 0 Å². The van der Waals surface area contributed by atoms with Gasteiger partial charge in [0.05, 0.1) is 12.3 Å². The van der Waals surface area contributed by atoms with E-state index in [0.717, 1.165) is 38.5 Å². The minimum atomic E-state index is 0.143. The van der Waals surface area contributed by atoms with Gasteiger partial charge in [0.1, 0.15) is 0 Å². The Morgan fingerprint density at radius 1 is 1.38 bits per heavy atom. The average Bonchev–Trinajstić information content (AvgIpc) is 2.85. The first-order valence-corrected chi connectivity index (χ1v) is 7.86. The Hall–Kier alpha value is -0.970. The summed E-state index contributed by atoms with van der Waals surface area (Å²) in [4.78, 5) is 7.07. The van der Waals surface area contributed by atoms with Gasteiger partial charge >= 0.3 is 0 Å². The van der Waals surface area contributed by atoms with Gasteiger partial charge in [0.15, 0.2) is 0 Å². The van der Waals surface area contributed by atoms with Crippen LogP contribution in [-0.4, -0.2) is 42.2 Å². The molecule has 0 aliphatic carbocycles. The Kier molecular flexibility index (Phi) is 5.73. The van der Waals surface area contributed by atoms with Gasteiger partial charge in [-0.15, -0.1) is 0 Å². The first kappa shape index (κ1) is 16.4. The minimum Gasteiger partial charge on any atom is -0.384 e. The van der Waals surface area contributed by atoms with Gasteiger partial charge in [-0.2, -0.15) is 0 Å². The summed E-state index contributed by atoms with van der Waals surface area (Å²) in [6.07, 6.45) is 3.23. The number of rotatable bonds is 6. The van der Waals surface area contributed by atoms with E-state index in [4.69, 9.17) is 4.74 Å². The predicted octanol–water partition coefficient (Wildman–Crippen LogP) is 2.44. The monoisotopic (exact) mass is 291 g/mol. The van der Waals surface area contributed by atoms with Crippen LogP contribution < -0.4 is 5.32 Å². The molecule has 1 saturated heterocycles. The lowest BCUT2D eigenvalue weighted by Crippen LogP contribution is -2.35. The normalized spacial score (nSPS) is 20.1. The number of hydrogen-bond donors (Lipinski definition) is 1. The zero-order valence-electron chi connectivity index (χ0n) is 13.9. The average molecular weight is 291 g/mol. The predicted molar refractivity (Wildman–Crippen MR) is 86.1 cm³/mol. The van der Waals surface area contributed by atoms with Crippen molar-refractivity contribution in [3.8, 4) is 0 Å². The molecule has 0 aromatic carbocycles. The van der Waals surface area contributed by atoms with Crippen LogP contribution in [0.1, 0.15) is 38.4 Å².